The molecule has 1 aromatic carbocycles. The summed E-state index contributed by atoms with van der Waals surface area (Å²) >= 11 is 4.19. The number of H-pyrrole nitrogens is 2. The zero-order valence-electron chi connectivity index (χ0n) is 9.16. The molecule has 0 fully saturated rings. The third kappa shape index (κ3) is 2.24. The molecule has 1 heterocycles. The quantitative estimate of drug-likeness (QED) is 0.708. The van der Waals surface area contributed by atoms with Crippen molar-refractivity contribution in [2.75, 3.05) is 24.2 Å². The van der Waals surface area contributed by atoms with Crippen molar-refractivity contribution in [1.29, 1.82) is 0 Å². The van der Waals surface area contributed by atoms with Crippen molar-refractivity contribution in [2.24, 2.45) is 0 Å². The minimum atomic E-state index is -0.162. The zero-order valence-corrected chi connectivity index (χ0v) is 10.1. The van der Waals surface area contributed by atoms with Gasteiger partial charge in [-0.3, -0.25) is 0 Å². The summed E-state index contributed by atoms with van der Waals surface area (Å²) in [6.07, 6.45) is 1.04. The third-order valence-electron chi connectivity index (χ3n) is 2.59. The maximum absolute atomic E-state index is 11.1. The number of thiol groups is 1. The monoisotopic (exact) mass is 237 g/mol. The minimum absolute atomic E-state index is 0.162. The van der Waals surface area contributed by atoms with Crippen LogP contribution in [-0.2, 0) is 0 Å². The van der Waals surface area contributed by atoms with E-state index in [0.29, 0.717) is 0 Å². The van der Waals surface area contributed by atoms with Gasteiger partial charge in [0.25, 0.3) is 0 Å². The fourth-order valence-electron chi connectivity index (χ4n) is 1.69. The molecule has 4 nitrogen and oxygen atoms in total. The van der Waals surface area contributed by atoms with Crippen molar-refractivity contribution in [3.05, 3.63) is 28.7 Å². The highest BCUT2D eigenvalue weighted by atomic mass is 32.1. The molecule has 86 valence electrons. The first-order valence-corrected chi connectivity index (χ1v) is 5.88. The van der Waals surface area contributed by atoms with E-state index in [0.717, 1.165) is 35.4 Å². The molecule has 0 aliphatic rings. The fourth-order valence-corrected chi connectivity index (χ4v) is 1.84. The van der Waals surface area contributed by atoms with Gasteiger partial charge in [-0.25, -0.2) is 4.79 Å². The van der Waals surface area contributed by atoms with Crippen LogP contribution < -0.4 is 10.6 Å². The molecule has 2 aromatic rings. The lowest BCUT2D eigenvalue weighted by Gasteiger charge is -2.18. The summed E-state index contributed by atoms with van der Waals surface area (Å²) < 4.78 is 0. The second-order valence-corrected chi connectivity index (χ2v) is 4.25. The lowest BCUT2D eigenvalue weighted by Crippen LogP contribution is -2.18. The van der Waals surface area contributed by atoms with Crippen LogP contribution in [-0.4, -0.2) is 29.3 Å². The van der Waals surface area contributed by atoms with E-state index in [1.807, 2.05) is 25.2 Å². The topological polar surface area (TPSA) is 51.9 Å². The first-order valence-electron chi connectivity index (χ1n) is 5.25. The largest absolute Gasteiger partial charge is 0.375 e. The van der Waals surface area contributed by atoms with Gasteiger partial charge in [-0.15, -0.1) is 0 Å². The van der Waals surface area contributed by atoms with Crippen LogP contribution in [0.5, 0.6) is 0 Å². The molecule has 0 atom stereocenters. The molecule has 0 saturated heterocycles. The minimum Gasteiger partial charge on any atom is -0.375 e. The van der Waals surface area contributed by atoms with Crippen molar-refractivity contribution in [2.45, 2.75) is 6.42 Å². The molecular weight excluding hydrogens is 222 g/mol. The molecular formula is C11H15N3OS. The lowest BCUT2D eigenvalue weighted by molar-refractivity contribution is 0.862. The Bertz CT molecular complexity index is 531. The first kappa shape index (κ1) is 11.1. The van der Waals surface area contributed by atoms with Crippen LogP contribution >= 0.6 is 12.6 Å². The average Bonchev–Trinajstić information content (AvgIpc) is 2.64. The standard InChI is InChI=1S/C11H15N3OS/c1-14(5-2-6-16)8-3-4-9-10(7-8)13-11(15)12-9/h3-4,7,16H,2,5-6H2,1H3,(H2,12,13,15). The summed E-state index contributed by atoms with van der Waals surface area (Å²) in [5.41, 5.74) is 2.63. The van der Waals surface area contributed by atoms with Crippen LogP contribution in [0.25, 0.3) is 11.0 Å². The molecule has 2 rings (SSSR count). The number of aromatic nitrogens is 2. The van der Waals surface area contributed by atoms with Gasteiger partial charge in [0.05, 0.1) is 11.0 Å². The molecule has 0 saturated carbocycles. The van der Waals surface area contributed by atoms with Gasteiger partial charge in [-0.2, -0.15) is 12.6 Å². The Balaban J connectivity index is 2.27. The molecule has 2 N–H and O–H groups in total. The maximum Gasteiger partial charge on any atom is 0.323 e. The van der Waals surface area contributed by atoms with Crippen LogP contribution in [0.2, 0.25) is 0 Å². The Morgan fingerprint density at radius 2 is 2.06 bits per heavy atom. The lowest BCUT2D eigenvalue weighted by atomic mass is 10.2. The van der Waals surface area contributed by atoms with E-state index in [2.05, 4.69) is 27.5 Å². The van der Waals surface area contributed by atoms with Gasteiger partial charge in [0, 0.05) is 19.3 Å². The molecule has 0 aliphatic carbocycles. The smallest absolute Gasteiger partial charge is 0.323 e. The number of hydrogen-bond acceptors (Lipinski definition) is 3. The fraction of sp³-hybridized carbons (Fsp3) is 0.364. The van der Waals surface area contributed by atoms with E-state index in [-0.39, 0.29) is 5.69 Å². The van der Waals surface area contributed by atoms with Crippen molar-refractivity contribution in [1.82, 2.24) is 9.97 Å². The molecule has 0 radical (unpaired) electrons. The summed E-state index contributed by atoms with van der Waals surface area (Å²) in [5.74, 6) is 0.883. The van der Waals surface area contributed by atoms with E-state index < -0.39 is 0 Å². The van der Waals surface area contributed by atoms with Crippen LogP contribution in [0.4, 0.5) is 5.69 Å². The number of nitrogens with one attached hydrogen (secondary N) is 2. The summed E-state index contributed by atoms with van der Waals surface area (Å²) in [7, 11) is 2.04. The Kier molecular flexibility index (Phi) is 3.24. The number of aromatic amines is 2. The third-order valence-corrected chi connectivity index (χ3v) is 2.91. The van der Waals surface area contributed by atoms with E-state index >= 15 is 0 Å². The van der Waals surface area contributed by atoms with Gasteiger partial charge in [0.1, 0.15) is 0 Å². The molecule has 0 aliphatic heterocycles. The highest BCUT2D eigenvalue weighted by Crippen LogP contribution is 2.17. The summed E-state index contributed by atoms with van der Waals surface area (Å²) in [6.45, 7) is 0.962. The number of hydrogen-bond donors (Lipinski definition) is 3. The number of fused-ring (bicyclic) bond motifs is 1. The number of nitrogens with zero attached hydrogens (tertiary/aromatic N) is 1. The summed E-state index contributed by atoms with van der Waals surface area (Å²) in [4.78, 5) is 18.7. The normalized spacial score (nSPS) is 10.9. The molecule has 0 unspecified atom stereocenters. The summed E-state index contributed by atoms with van der Waals surface area (Å²) in [6, 6.07) is 5.90. The molecule has 0 spiro atoms. The van der Waals surface area contributed by atoms with Gasteiger partial charge < -0.3 is 14.9 Å². The Labute approximate surface area is 99.1 Å². The molecule has 16 heavy (non-hydrogen) atoms. The van der Waals surface area contributed by atoms with Crippen LogP contribution in [0, 0.1) is 0 Å². The number of imidazole rings is 1. The van der Waals surface area contributed by atoms with E-state index in [4.69, 9.17) is 0 Å². The van der Waals surface area contributed by atoms with Crippen LogP contribution in [0.1, 0.15) is 6.42 Å². The number of rotatable bonds is 4. The van der Waals surface area contributed by atoms with Gasteiger partial charge in [-0.1, -0.05) is 0 Å². The predicted octanol–water partition coefficient (Wildman–Crippen LogP) is 1.61. The Morgan fingerprint density at radius 1 is 1.31 bits per heavy atom. The van der Waals surface area contributed by atoms with Crippen molar-refractivity contribution in [3.8, 4) is 0 Å². The second-order valence-electron chi connectivity index (χ2n) is 3.81. The van der Waals surface area contributed by atoms with Crippen molar-refractivity contribution >= 4 is 29.3 Å². The summed E-state index contributed by atoms with van der Waals surface area (Å²) in [5, 5.41) is 0. The molecule has 5 heteroatoms. The van der Waals surface area contributed by atoms with Crippen LogP contribution in [0.3, 0.4) is 0 Å². The van der Waals surface area contributed by atoms with Gasteiger partial charge in [0.15, 0.2) is 0 Å². The van der Waals surface area contributed by atoms with Gasteiger partial charge in [-0.05, 0) is 30.4 Å². The molecule has 0 bridgehead atoms. The Hall–Kier alpha value is -1.36. The van der Waals surface area contributed by atoms with E-state index in [9.17, 15) is 4.79 Å². The maximum atomic E-state index is 11.1. The zero-order chi connectivity index (χ0) is 11.5. The first-order chi connectivity index (χ1) is 7.70. The van der Waals surface area contributed by atoms with Crippen molar-refractivity contribution in [3.63, 3.8) is 0 Å². The second kappa shape index (κ2) is 4.65. The predicted molar refractivity (Wildman–Crippen MR) is 70.7 cm³/mol. The van der Waals surface area contributed by atoms with E-state index in [1.54, 1.807) is 0 Å². The molecule has 1 aromatic heterocycles. The Morgan fingerprint density at radius 3 is 2.81 bits per heavy atom. The van der Waals surface area contributed by atoms with Crippen LogP contribution in [0.15, 0.2) is 23.0 Å². The number of anilines is 1. The SMILES string of the molecule is CN(CCCS)c1ccc2[nH]c(=O)[nH]c2c1. The highest BCUT2D eigenvalue weighted by Gasteiger charge is 2.03. The van der Waals surface area contributed by atoms with Gasteiger partial charge in [0.2, 0.25) is 0 Å². The number of benzene rings is 1. The molecule has 0 amide bonds. The van der Waals surface area contributed by atoms with E-state index in [1.165, 1.54) is 0 Å². The van der Waals surface area contributed by atoms with Crippen molar-refractivity contribution < 1.29 is 0 Å². The average molecular weight is 237 g/mol. The van der Waals surface area contributed by atoms with Gasteiger partial charge >= 0.3 is 5.69 Å². The highest BCUT2D eigenvalue weighted by molar-refractivity contribution is 7.80.